The molecule has 0 unspecified atom stereocenters. The van der Waals surface area contributed by atoms with Crippen molar-refractivity contribution in [3.05, 3.63) is 54.4 Å². The maximum Gasteiger partial charge on any atom is 0.169 e. The first kappa shape index (κ1) is 13.6. The van der Waals surface area contributed by atoms with Crippen molar-refractivity contribution in [2.24, 2.45) is 0 Å². The summed E-state index contributed by atoms with van der Waals surface area (Å²) in [5.41, 5.74) is 6.02. The van der Waals surface area contributed by atoms with E-state index in [9.17, 15) is 0 Å². The number of hydrogen-bond acceptors (Lipinski definition) is 3. The van der Waals surface area contributed by atoms with Crippen LogP contribution in [0.3, 0.4) is 0 Å². The van der Waals surface area contributed by atoms with Crippen molar-refractivity contribution in [1.82, 2.24) is 14.5 Å². The van der Waals surface area contributed by atoms with Crippen LogP contribution in [0, 0.1) is 0 Å². The molecule has 1 aliphatic heterocycles. The summed E-state index contributed by atoms with van der Waals surface area (Å²) in [6, 6.07) is 12.9. The molecule has 0 fully saturated rings. The predicted octanol–water partition coefficient (Wildman–Crippen LogP) is 4.28. The number of nitrogens with zero attached hydrogens (tertiary/aromatic N) is 3. The maximum atomic E-state index is 4.90. The molecule has 1 aliphatic rings. The zero-order chi connectivity index (χ0) is 14.9. The van der Waals surface area contributed by atoms with E-state index in [2.05, 4.69) is 52.9 Å². The van der Waals surface area contributed by atoms with Crippen LogP contribution in [-0.2, 0) is 13.0 Å². The molecule has 0 aliphatic carbocycles. The van der Waals surface area contributed by atoms with E-state index < -0.39 is 0 Å². The summed E-state index contributed by atoms with van der Waals surface area (Å²) in [4.78, 5) is 9.04. The van der Waals surface area contributed by atoms with Gasteiger partial charge in [-0.3, -0.25) is 4.98 Å². The Balaban J connectivity index is 1.89. The fraction of sp³-hybridized carbons (Fsp3) is 0.222. The lowest BCUT2D eigenvalue weighted by atomic mass is 10.0. The highest BCUT2D eigenvalue weighted by molar-refractivity contribution is 7.99. The van der Waals surface area contributed by atoms with Crippen LogP contribution in [-0.4, -0.2) is 20.3 Å². The zero-order valence-corrected chi connectivity index (χ0v) is 13.3. The van der Waals surface area contributed by atoms with Crippen LogP contribution in [0.4, 0.5) is 0 Å². The largest absolute Gasteiger partial charge is 0.318 e. The van der Waals surface area contributed by atoms with Crippen LogP contribution < -0.4 is 0 Å². The number of thioether (sulfide) groups is 1. The van der Waals surface area contributed by atoms with Crippen LogP contribution in [0.15, 0.2) is 53.9 Å². The van der Waals surface area contributed by atoms with E-state index in [0.717, 1.165) is 29.6 Å². The molecule has 4 heteroatoms. The van der Waals surface area contributed by atoms with Crippen molar-refractivity contribution in [2.45, 2.75) is 25.0 Å². The second-order valence-corrected chi connectivity index (χ2v) is 6.44. The number of rotatable bonds is 3. The first-order valence-electron chi connectivity index (χ1n) is 7.60. The van der Waals surface area contributed by atoms with E-state index in [4.69, 9.17) is 4.98 Å². The molecule has 0 atom stereocenters. The highest BCUT2D eigenvalue weighted by atomic mass is 32.2. The third-order valence-corrected chi connectivity index (χ3v) is 5.02. The SMILES string of the molecule is CCc1ccc(-c2nc3n(c2-c2ccncc2)CCS3)cc1. The van der Waals surface area contributed by atoms with Crippen LogP contribution in [0.2, 0.25) is 0 Å². The highest BCUT2D eigenvalue weighted by Crippen LogP contribution is 2.38. The molecule has 3 heterocycles. The topological polar surface area (TPSA) is 30.7 Å². The lowest BCUT2D eigenvalue weighted by Gasteiger charge is -2.08. The maximum absolute atomic E-state index is 4.90. The molecule has 4 rings (SSSR count). The summed E-state index contributed by atoms with van der Waals surface area (Å²) < 4.78 is 2.34. The molecule has 0 saturated carbocycles. The smallest absolute Gasteiger partial charge is 0.169 e. The van der Waals surface area contributed by atoms with Gasteiger partial charge in [0.05, 0.1) is 11.4 Å². The highest BCUT2D eigenvalue weighted by Gasteiger charge is 2.23. The van der Waals surface area contributed by atoms with Gasteiger partial charge in [-0.05, 0) is 24.1 Å². The van der Waals surface area contributed by atoms with Crippen LogP contribution >= 0.6 is 11.8 Å². The summed E-state index contributed by atoms with van der Waals surface area (Å²) in [6.07, 6.45) is 4.76. The average molecular weight is 307 g/mol. The van der Waals surface area contributed by atoms with Gasteiger partial charge in [0, 0.05) is 35.8 Å². The molecule has 1 aromatic carbocycles. The number of aryl methyl sites for hydroxylation is 1. The second-order valence-electron chi connectivity index (χ2n) is 5.38. The Labute approximate surface area is 134 Å². The number of aromatic nitrogens is 3. The minimum absolute atomic E-state index is 1.03. The standard InChI is InChI=1S/C18H17N3S/c1-2-13-3-5-14(6-4-13)16-17(15-7-9-19-10-8-15)21-11-12-22-18(21)20-16/h3-10H,2,11-12H2,1H3. The molecule has 0 spiro atoms. The van der Waals surface area contributed by atoms with E-state index in [1.165, 1.54) is 22.4 Å². The van der Waals surface area contributed by atoms with Crippen molar-refractivity contribution >= 4 is 11.8 Å². The minimum atomic E-state index is 1.03. The third-order valence-electron chi connectivity index (χ3n) is 4.07. The van der Waals surface area contributed by atoms with Gasteiger partial charge in [-0.1, -0.05) is 43.0 Å². The van der Waals surface area contributed by atoms with Crippen molar-refractivity contribution in [1.29, 1.82) is 0 Å². The van der Waals surface area contributed by atoms with E-state index >= 15 is 0 Å². The van der Waals surface area contributed by atoms with Gasteiger partial charge in [0.15, 0.2) is 5.16 Å². The van der Waals surface area contributed by atoms with Crippen LogP contribution in [0.5, 0.6) is 0 Å². The average Bonchev–Trinajstić information content (AvgIpc) is 3.16. The van der Waals surface area contributed by atoms with Crippen LogP contribution in [0.25, 0.3) is 22.5 Å². The van der Waals surface area contributed by atoms with Gasteiger partial charge >= 0.3 is 0 Å². The van der Waals surface area contributed by atoms with Crippen molar-refractivity contribution in [2.75, 3.05) is 5.75 Å². The quantitative estimate of drug-likeness (QED) is 0.723. The number of fused-ring (bicyclic) bond motifs is 1. The fourth-order valence-electron chi connectivity index (χ4n) is 2.88. The first-order chi connectivity index (χ1) is 10.9. The molecule has 0 radical (unpaired) electrons. The Morgan fingerprint density at radius 3 is 2.55 bits per heavy atom. The Morgan fingerprint density at radius 1 is 1.05 bits per heavy atom. The molecular formula is C18H17N3S. The third kappa shape index (κ3) is 2.24. The normalized spacial score (nSPS) is 13.3. The van der Waals surface area contributed by atoms with E-state index in [1.807, 2.05) is 24.2 Å². The molecule has 110 valence electrons. The minimum Gasteiger partial charge on any atom is -0.318 e. The monoisotopic (exact) mass is 307 g/mol. The number of hydrogen-bond donors (Lipinski definition) is 0. The summed E-state index contributed by atoms with van der Waals surface area (Å²) >= 11 is 1.84. The lowest BCUT2D eigenvalue weighted by Crippen LogP contribution is -1.97. The van der Waals surface area contributed by atoms with Gasteiger partial charge in [0.2, 0.25) is 0 Å². The molecule has 3 nitrogen and oxygen atoms in total. The van der Waals surface area contributed by atoms with Gasteiger partial charge in [-0.2, -0.15) is 0 Å². The van der Waals surface area contributed by atoms with Crippen molar-refractivity contribution in [3.63, 3.8) is 0 Å². The number of pyridine rings is 1. The Hall–Kier alpha value is -2.07. The molecular weight excluding hydrogens is 290 g/mol. The second kappa shape index (κ2) is 5.61. The molecule has 22 heavy (non-hydrogen) atoms. The zero-order valence-electron chi connectivity index (χ0n) is 12.5. The molecule has 0 N–H and O–H groups in total. The van der Waals surface area contributed by atoms with Crippen molar-refractivity contribution < 1.29 is 0 Å². The van der Waals surface area contributed by atoms with E-state index in [1.54, 1.807) is 0 Å². The molecule has 2 aromatic heterocycles. The Bertz CT molecular complexity index is 791. The van der Waals surface area contributed by atoms with Gasteiger partial charge in [0.25, 0.3) is 0 Å². The summed E-state index contributed by atoms with van der Waals surface area (Å²) in [6.45, 7) is 3.21. The molecule has 0 bridgehead atoms. The van der Waals surface area contributed by atoms with Crippen LogP contribution in [0.1, 0.15) is 12.5 Å². The summed E-state index contributed by atoms with van der Waals surface area (Å²) in [5.74, 6) is 1.11. The predicted molar refractivity (Wildman–Crippen MR) is 91.0 cm³/mol. The molecule has 0 amide bonds. The number of imidazole rings is 1. The van der Waals surface area contributed by atoms with Gasteiger partial charge in [0.1, 0.15) is 0 Å². The Morgan fingerprint density at radius 2 is 1.82 bits per heavy atom. The first-order valence-corrected chi connectivity index (χ1v) is 8.58. The Kier molecular flexibility index (Phi) is 3.47. The number of benzene rings is 1. The lowest BCUT2D eigenvalue weighted by molar-refractivity contribution is 0.726. The van der Waals surface area contributed by atoms with E-state index in [-0.39, 0.29) is 0 Å². The van der Waals surface area contributed by atoms with Gasteiger partial charge in [-0.15, -0.1) is 0 Å². The van der Waals surface area contributed by atoms with Gasteiger partial charge in [-0.25, -0.2) is 4.98 Å². The summed E-state index contributed by atoms with van der Waals surface area (Å²) in [7, 11) is 0. The molecule has 0 saturated heterocycles. The fourth-order valence-corrected chi connectivity index (χ4v) is 3.83. The van der Waals surface area contributed by atoms with Crippen molar-refractivity contribution in [3.8, 4) is 22.5 Å². The molecule has 3 aromatic rings. The van der Waals surface area contributed by atoms with E-state index in [0.29, 0.717) is 0 Å². The van der Waals surface area contributed by atoms with Gasteiger partial charge < -0.3 is 4.57 Å². The summed E-state index contributed by atoms with van der Waals surface area (Å²) in [5, 5.41) is 1.13.